The van der Waals surface area contributed by atoms with Crippen LogP contribution in [0.4, 0.5) is 11.4 Å². The van der Waals surface area contributed by atoms with Crippen molar-refractivity contribution in [2.24, 2.45) is 0 Å². The fourth-order valence-electron chi connectivity index (χ4n) is 2.13. The minimum absolute atomic E-state index is 0.261. The van der Waals surface area contributed by atoms with Crippen LogP contribution in [0.3, 0.4) is 0 Å². The Balaban J connectivity index is 2.30. The van der Waals surface area contributed by atoms with Gasteiger partial charge in [0.25, 0.3) is 0 Å². The largest absolute Gasteiger partial charge is 0.343 e. The molecule has 0 aliphatic heterocycles. The lowest BCUT2D eigenvalue weighted by molar-refractivity contribution is 0.652. The van der Waals surface area contributed by atoms with Crippen molar-refractivity contribution in [1.29, 1.82) is 5.26 Å². The van der Waals surface area contributed by atoms with Gasteiger partial charge in [0, 0.05) is 18.8 Å². The van der Waals surface area contributed by atoms with Gasteiger partial charge in [-0.3, -0.25) is 0 Å². The van der Waals surface area contributed by atoms with Crippen molar-refractivity contribution in [3.8, 4) is 6.07 Å². The zero-order valence-electron chi connectivity index (χ0n) is 12.4. The van der Waals surface area contributed by atoms with Crippen LogP contribution in [0, 0.1) is 11.3 Å². The van der Waals surface area contributed by atoms with E-state index in [1.807, 2.05) is 43.3 Å². The van der Waals surface area contributed by atoms with Crippen LogP contribution in [0.15, 0.2) is 42.5 Å². The van der Waals surface area contributed by atoms with Crippen molar-refractivity contribution < 1.29 is 0 Å². The van der Waals surface area contributed by atoms with E-state index in [4.69, 9.17) is 16.9 Å². The average molecular weight is 300 g/mol. The van der Waals surface area contributed by atoms with Crippen LogP contribution < -0.4 is 10.2 Å². The number of nitrogens with zero attached hydrogens (tertiary/aromatic N) is 2. The average Bonchev–Trinajstić information content (AvgIpc) is 2.53. The molecule has 2 aromatic carbocycles. The fraction of sp³-hybridized carbons (Fsp3) is 0.235. The first-order chi connectivity index (χ1) is 10.1. The van der Waals surface area contributed by atoms with Crippen molar-refractivity contribution in [3.63, 3.8) is 0 Å². The van der Waals surface area contributed by atoms with Crippen LogP contribution in [-0.4, -0.2) is 14.1 Å². The molecule has 0 bridgehead atoms. The van der Waals surface area contributed by atoms with Crippen molar-refractivity contribution in [3.05, 3.63) is 58.6 Å². The van der Waals surface area contributed by atoms with E-state index < -0.39 is 0 Å². The molecule has 0 aliphatic carbocycles. The number of hydrogen-bond acceptors (Lipinski definition) is 3. The standard InChI is InChI=1S/C17H18ClN3/c1-12(20-2)14-6-9-17(16(18)10-14)21(3)15-7-4-13(11-19)5-8-15/h4-10,12,20H,1-3H3. The highest BCUT2D eigenvalue weighted by molar-refractivity contribution is 6.33. The van der Waals surface area contributed by atoms with Gasteiger partial charge >= 0.3 is 0 Å². The minimum Gasteiger partial charge on any atom is -0.343 e. The first-order valence-corrected chi connectivity index (χ1v) is 7.15. The van der Waals surface area contributed by atoms with E-state index in [0.717, 1.165) is 16.9 Å². The Bertz CT molecular complexity index is 659. The molecule has 0 amide bonds. The predicted octanol–water partition coefficient (Wildman–Crippen LogP) is 4.26. The summed E-state index contributed by atoms with van der Waals surface area (Å²) in [5.41, 5.74) is 3.73. The molecule has 3 nitrogen and oxygen atoms in total. The number of nitrogens with one attached hydrogen (secondary N) is 1. The summed E-state index contributed by atoms with van der Waals surface area (Å²) in [5, 5.41) is 12.8. The zero-order chi connectivity index (χ0) is 15.4. The Morgan fingerprint density at radius 3 is 2.38 bits per heavy atom. The Morgan fingerprint density at radius 2 is 1.86 bits per heavy atom. The number of benzene rings is 2. The molecule has 0 saturated heterocycles. The van der Waals surface area contributed by atoms with E-state index >= 15 is 0 Å². The van der Waals surface area contributed by atoms with Crippen molar-refractivity contribution in [2.75, 3.05) is 19.0 Å². The maximum Gasteiger partial charge on any atom is 0.0991 e. The van der Waals surface area contributed by atoms with Crippen LogP contribution in [-0.2, 0) is 0 Å². The summed E-state index contributed by atoms with van der Waals surface area (Å²) in [6.07, 6.45) is 0. The summed E-state index contributed by atoms with van der Waals surface area (Å²) in [6, 6.07) is 15.9. The monoisotopic (exact) mass is 299 g/mol. The number of rotatable bonds is 4. The van der Waals surface area contributed by atoms with Crippen LogP contribution in [0.1, 0.15) is 24.1 Å². The van der Waals surface area contributed by atoms with Gasteiger partial charge in [-0.15, -0.1) is 0 Å². The first kappa shape index (κ1) is 15.4. The highest BCUT2D eigenvalue weighted by atomic mass is 35.5. The lowest BCUT2D eigenvalue weighted by Crippen LogP contribution is -2.13. The molecule has 4 heteroatoms. The maximum atomic E-state index is 8.84. The van der Waals surface area contributed by atoms with E-state index in [1.165, 1.54) is 0 Å². The molecule has 0 spiro atoms. The molecule has 2 rings (SSSR count). The number of hydrogen-bond donors (Lipinski definition) is 1. The van der Waals surface area contributed by atoms with Crippen LogP contribution in [0.5, 0.6) is 0 Å². The molecule has 1 atom stereocenters. The van der Waals surface area contributed by atoms with E-state index in [2.05, 4.69) is 24.4 Å². The van der Waals surface area contributed by atoms with E-state index in [9.17, 15) is 0 Å². The van der Waals surface area contributed by atoms with Crippen LogP contribution in [0.25, 0.3) is 0 Å². The molecule has 0 heterocycles. The van der Waals surface area contributed by atoms with Crippen LogP contribution >= 0.6 is 11.6 Å². The molecule has 108 valence electrons. The summed E-state index contributed by atoms with van der Waals surface area (Å²) in [7, 11) is 3.89. The quantitative estimate of drug-likeness (QED) is 0.917. The molecule has 1 N–H and O–H groups in total. The SMILES string of the molecule is CNC(C)c1ccc(N(C)c2ccc(C#N)cc2)c(Cl)c1. The highest BCUT2D eigenvalue weighted by Crippen LogP contribution is 2.32. The van der Waals surface area contributed by atoms with Gasteiger partial charge in [-0.25, -0.2) is 0 Å². The van der Waals surface area contributed by atoms with E-state index in [0.29, 0.717) is 10.6 Å². The molecule has 0 aromatic heterocycles. The molecule has 0 saturated carbocycles. The zero-order valence-corrected chi connectivity index (χ0v) is 13.1. The summed E-state index contributed by atoms with van der Waals surface area (Å²) in [5.74, 6) is 0. The second-order valence-corrected chi connectivity index (χ2v) is 5.35. The minimum atomic E-state index is 0.261. The third-order valence-corrected chi connectivity index (χ3v) is 3.95. The van der Waals surface area contributed by atoms with Gasteiger partial charge in [0.1, 0.15) is 0 Å². The van der Waals surface area contributed by atoms with Crippen molar-refractivity contribution in [1.82, 2.24) is 5.32 Å². The third-order valence-electron chi connectivity index (χ3n) is 3.65. The normalized spacial score (nSPS) is 11.8. The molecule has 0 aliphatic rings. The topological polar surface area (TPSA) is 39.1 Å². The van der Waals surface area contributed by atoms with Gasteiger partial charge in [-0.2, -0.15) is 5.26 Å². The lowest BCUT2D eigenvalue weighted by atomic mass is 10.1. The second kappa shape index (κ2) is 6.62. The van der Waals surface area contributed by atoms with Gasteiger partial charge in [0.2, 0.25) is 0 Å². The Hall–Kier alpha value is -2.02. The molecule has 0 radical (unpaired) electrons. The molecule has 21 heavy (non-hydrogen) atoms. The summed E-state index contributed by atoms with van der Waals surface area (Å²) < 4.78 is 0. The first-order valence-electron chi connectivity index (χ1n) is 6.77. The Labute approximate surface area is 130 Å². The summed E-state index contributed by atoms with van der Waals surface area (Å²) >= 11 is 6.41. The lowest BCUT2D eigenvalue weighted by Gasteiger charge is -2.22. The summed E-state index contributed by atoms with van der Waals surface area (Å²) in [6.45, 7) is 2.09. The summed E-state index contributed by atoms with van der Waals surface area (Å²) in [4.78, 5) is 2.01. The van der Waals surface area contributed by atoms with E-state index in [1.54, 1.807) is 12.1 Å². The van der Waals surface area contributed by atoms with Gasteiger partial charge in [-0.1, -0.05) is 17.7 Å². The third kappa shape index (κ3) is 3.36. The number of nitriles is 1. The second-order valence-electron chi connectivity index (χ2n) is 4.94. The van der Waals surface area contributed by atoms with Gasteiger partial charge in [0.05, 0.1) is 22.3 Å². The van der Waals surface area contributed by atoms with Crippen molar-refractivity contribution in [2.45, 2.75) is 13.0 Å². The maximum absolute atomic E-state index is 8.84. The van der Waals surface area contributed by atoms with E-state index in [-0.39, 0.29) is 6.04 Å². The predicted molar refractivity (Wildman–Crippen MR) is 88.1 cm³/mol. The van der Waals surface area contributed by atoms with Gasteiger partial charge in [0.15, 0.2) is 0 Å². The highest BCUT2D eigenvalue weighted by Gasteiger charge is 2.11. The molecule has 2 aromatic rings. The molecule has 0 fully saturated rings. The van der Waals surface area contributed by atoms with Gasteiger partial charge in [-0.05, 0) is 55.9 Å². The number of halogens is 1. The number of anilines is 2. The Kier molecular flexibility index (Phi) is 4.85. The Morgan fingerprint density at radius 1 is 1.19 bits per heavy atom. The smallest absolute Gasteiger partial charge is 0.0991 e. The van der Waals surface area contributed by atoms with Gasteiger partial charge < -0.3 is 10.2 Å². The molecular weight excluding hydrogens is 282 g/mol. The molecular formula is C17H18ClN3. The van der Waals surface area contributed by atoms with Crippen LogP contribution in [0.2, 0.25) is 5.02 Å². The molecule has 1 unspecified atom stereocenters. The van der Waals surface area contributed by atoms with Crippen molar-refractivity contribution >= 4 is 23.0 Å². The fourth-order valence-corrected chi connectivity index (χ4v) is 2.45.